The number of nitrogens with one attached hydrogen (secondary N) is 1. The van der Waals surface area contributed by atoms with Gasteiger partial charge in [0.15, 0.2) is 0 Å². The molecule has 1 amide bonds. The standard InChI is InChI=1S/C18H20N4O2S/c1-5-24-15-9-7-6-8-14(15)20-17(23)16-13(4)19-18(25-16)22-12(3)10-11(2)21-22/h6-10H,5H2,1-4H3,(H,20,23). The highest BCUT2D eigenvalue weighted by molar-refractivity contribution is 7.16. The molecule has 0 fully saturated rings. The molecule has 7 heteroatoms. The maximum absolute atomic E-state index is 12.7. The molecule has 0 aliphatic carbocycles. The topological polar surface area (TPSA) is 69.0 Å². The van der Waals surface area contributed by atoms with Crippen LogP contribution in [-0.2, 0) is 0 Å². The summed E-state index contributed by atoms with van der Waals surface area (Å²) in [5.41, 5.74) is 3.23. The summed E-state index contributed by atoms with van der Waals surface area (Å²) in [6.07, 6.45) is 0. The molecule has 2 heterocycles. The van der Waals surface area contributed by atoms with Gasteiger partial charge in [0.2, 0.25) is 5.13 Å². The van der Waals surface area contributed by atoms with Crippen LogP contribution in [0.3, 0.4) is 0 Å². The number of ether oxygens (including phenoxy) is 1. The molecule has 0 saturated heterocycles. The van der Waals surface area contributed by atoms with E-state index >= 15 is 0 Å². The summed E-state index contributed by atoms with van der Waals surface area (Å²) in [5, 5.41) is 8.03. The summed E-state index contributed by atoms with van der Waals surface area (Å²) in [5.74, 6) is 0.453. The first kappa shape index (κ1) is 17.2. The molecule has 1 aromatic carbocycles. The molecule has 0 spiro atoms. The number of nitrogens with zero attached hydrogens (tertiary/aromatic N) is 3. The number of aryl methyl sites for hydroxylation is 3. The summed E-state index contributed by atoms with van der Waals surface area (Å²) in [6.45, 7) is 8.17. The minimum Gasteiger partial charge on any atom is -0.492 e. The molecule has 3 aromatic rings. The van der Waals surface area contributed by atoms with Crippen molar-refractivity contribution in [1.82, 2.24) is 14.8 Å². The SMILES string of the molecule is CCOc1ccccc1NC(=O)c1sc(-n2nc(C)cc2C)nc1C. The van der Waals surface area contributed by atoms with Crippen molar-refractivity contribution in [3.63, 3.8) is 0 Å². The Morgan fingerprint density at radius 1 is 1.28 bits per heavy atom. The maximum atomic E-state index is 12.7. The molecule has 0 atom stereocenters. The third-order valence-electron chi connectivity index (χ3n) is 3.62. The number of amides is 1. The quantitative estimate of drug-likeness (QED) is 0.753. The first-order valence-electron chi connectivity index (χ1n) is 8.04. The van der Waals surface area contributed by atoms with Gasteiger partial charge in [-0.15, -0.1) is 0 Å². The molecule has 0 saturated carbocycles. The van der Waals surface area contributed by atoms with E-state index < -0.39 is 0 Å². The average Bonchev–Trinajstić information content (AvgIpc) is 3.11. The van der Waals surface area contributed by atoms with Crippen molar-refractivity contribution in [3.05, 3.63) is 52.3 Å². The highest BCUT2D eigenvalue weighted by Crippen LogP contribution is 2.27. The van der Waals surface area contributed by atoms with Gasteiger partial charge in [-0.3, -0.25) is 4.79 Å². The summed E-state index contributed by atoms with van der Waals surface area (Å²) < 4.78 is 7.32. The average molecular weight is 356 g/mol. The normalized spacial score (nSPS) is 10.7. The van der Waals surface area contributed by atoms with E-state index in [2.05, 4.69) is 15.4 Å². The number of thiazole rings is 1. The summed E-state index contributed by atoms with van der Waals surface area (Å²) in [7, 11) is 0. The van der Waals surface area contributed by atoms with E-state index in [4.69, 9.17) is 4.74 Å². The number of para-hydroxylation sites is 2. The zero-order chi connectivity index (χ0) is 18.0. The van der Waals surface area contributed by atoms with Gasteiger partial charge in [-0.05, 0) is 45.9 Å². The van der Waals surface area contributed by atoms with Crippen LogP contribution in [0.5, 0.6) is 5.75 Å². The lowest BCUT2D eigenvalue weighted by molar-refractivity contribution is 0.102. The Morgan fingerprint density at radius 2 is 2.04 bits per heavy atom. The second-order valence-corrected chi connectivity index (χ2v) is 6.61. The van der Waals surface area contributed by atoms with Gasteiger partial charge in [-0.1, -0.05) is 23.5 Å². The number of carbonyl (C=O) groups is 1. The predicted molar refractivity (Wildman–Crippen MR) is 99.0 cm³/mol. The fourth-order valence-electron chi connectivity index (χ4n) is 2.54. The zero-order valence-corrected chi connectivity index (χ0v) is 15.5. The Labute approximate surface area is 150 Å². The van der Waals surface area contributed by atoms with Gasteiger partial charge < -0.3 is 10.1 Å². The van der Waals surface area contributed by atoms with E-state index in [1.54, 1.807) is 4.68 Å². The van der Waals surface area contributed by atoms with Gasteiger partial charge in [0.1, 0.15) is 10.6 Å². The minimum atomic E-state index is -0.199. The van der Waals surface area contributed by atoms with Crippen LogP contribution in [0.4, 0.5) is 5.69 Å². The molecule has 1 N–H and O–H groups in total. The lowest BCUT2D eigenvalue weighted by Crippen LogP contribution is -2.12. The van der Waals surface area contributed by atoms with Crippen molar-refractivity contribution >= 4 is 22.9 Å². The third kappa shape index (κ3) is 3.56. The van der Waals surface area contributed by atoms with Crippen LogP contribution in [0.2, 0.25) is 0 Å². The third-order valence-corrected chi connectivity index (χ3v) is 4.75. The lowest BCUT2D eigenvalue weighted by atomic mass is 10.2. The van der Waals surface area contributed by atoms with E-state index in [0.717, 1.165) is 11.4 Å². The van der Waals surface area contributed by atoms with E-state index in [1.165, 1.54) is 11.3 Å². The number of carbonyl (C=O) groups excluding carboxylic acids is 1. The Kier molecular flexibility index (Phi) is 4.85. The van der Waals surface area contributed by atoms with Crippen molar-refractivity contribution in [2.24, 2.45) is 0 Å². The number of aromatic nitrogens is 3. The second-order valence-electron chi connectivity index (χ2n) is 5.63. The largest absolute Gasteiger partial charge is 0.492 e. The summed E-state index contributed by atoms with van der Waals surface area (Å²) >= 11 is 1.32. The predicted octanol–water partition coefficient (Wildman–Crippen LogP) is 3.91. The lowest BCUT2D eigenvalue weighted by Gasteiger charge is -2.10. The Hall–Kier alpha value is -2.67. The summed E-state index contributed by atoms with van der Waals surface area (Å²) in [4.78, 5) is 17.8. The first-order valence-corrected chi connectivity index (χ1v) is 8.85. The molecule has 0 bridgehead atoms. The van der Waals surface area contributed by atoms with Gasteiger partial charge in [0, 0.05) is 5.69 Å². The fourth-order valence-corrected chi connectivity index (χ4v) is 3.51. The van der Waals surface area contributed by atoms with Gasteiger partial charge in [0.25, 0.3) is 5.91 Å². The van der Waals surface area contributed by atoms with Crippen LogP contribution in [0.15, 0.2) is 30.3 Å². The maximum Gasteiger partial charge on any atom is 0.267 e. The molecule has 130 valence electrons. The van der Waals surface area contributed by atoms with Crippen LogP contribution in [0, 0.1) is 20.8 Å². The van der Waals surface area contributed by atoms with Crippen LogP contribution in [0.1, 0.15) is 33.7 Å². The molecule has 0 radical (unpaired) electrons. The molecule has 25 heavy (non-hydrogen) atoms. The van der Waals surface area contributed by atoms with E-state index in [9.17, 15) is 4.79 Å². The Bertz CT molecular complexity index is 914. The van der Waals surface area contributed by atoms with Crippen LogP contribution < -0.4 is 10.1 Å². The van der Waals surface area contributed by atoms with Crippen LogP contribution in [-0.4, -0.2) is 27.3 Å². The van der Waals surface area contributed by atoms with Gasteiger partial charge in [-0.2, -0.15) is 5.10 Å². The molecule has 0 aliphatic heterocycles. The number of hydrogen-bond acceptors (Lipinski definition) is 5. The second kappa shape index (κ2) is 7.06. The van der Waals surface area contributed by atoms with E-state index in [-0.39, 0.29) is 5.91 Å². The van der Waals surface area contributed by atoms with Crippen molar-refractivity contribution in [2.45, 2.75) is 27.7 Å². The van der Waals surface area contributed by atoms with Crippen LogP contribution >= 0.6 is 11.3 Å². The van der Waals surface area contributed by atoms with Gasteiger partial charge in [-0.25, -0.2) is 9.67 Å². The molecule has 2 aromatic heterocycles. The molecular weight excluding hydrogens is 336 g/mol. The van der Waals surface area contributed by atoms with Crippen LogP contribution in [0.25, 0.3) is 5.13 Å². The van der Waals surface area contributed by atoms with Gasteiger partial charge in [0.05, 0.1) is 23.7 Å². The van der Waals surface area contributed by atoms with Crippen molar-refractivity contribution < 1.29 is 9.53 Å². The Morgan fingerprint density at radius 3 is 2.72 bits per heavy atom. The summed E-state index contributed by atoms with van der Waals surface area (Å²) in [6, 6.07) is 9.37. The minimum absolute atomic E-state index is 0.199. The number of anilines is 1. The highest BCUT2D eigenvalue weighted by Gasteiger charge is 2.19. The molecule has 0 aliphatic rings. The molecule has 6 nitrogen and oxygen atoms in total. The first-order chi connectivity index (χ1) is 12.0. The van der Waals surface area contributed by atoms with E-state index in [1.807, 2.05) is 58.0 Å². The Balaban J connectivity index is 1.88. The number of hydrogen-bond donors (Lipinski definition) is 1. The zero-order valence-electron chi connectivity index (χ0n) is 14.7. The monoisotopic (exact) mass is 356 g/mol. The molecule has 0 unspecified atom stereocenters. The van der Waals surface area contributed by atoms with E-state index in [0.29, 0.717) is 33.7 Å². The number of benzene rings is 1. The molecule has 3 rings (SSSR count). The molecular formula is C18H20N4O2S. The van der Waals surface area contributed by atoms with Crippen molar-refractivity contribution in [1.29, 1.82) is 0 Å². The number of rotatable bonds is 5. The smallest absolute Gasteiger partial charge is 0.267 e. The van der Waals surface area contributed by atoms with Crippen molar-refractivity contribution in [3.8, 4) is 10.9 Å². The van der Waals surface area contributed by atoms with Gasteiger partial charge >= 0.3 is 0 Å². The highest BCUT2D eigenvalue weighted by atomic mass is 32.1. The fraction of sp³-hybridized carbons (Fsp3) is 0.278. The van der Waals surface area contributed by atoms with Crippen molar-refractivity contribution in [2.75, 3.05) is 11.9 Å².